The summed E-state index contributed by atoms with van der Waals surface area (Å²) in [4.78, 5) is 6.27. The highest BCUT2D eigenvalue weighted by atomic mass is 32.1. The number of hydrogen-bond acceptors (Lipinski definition) is 4. The van der Waals surface area contributed by atoms with Crippen LogP contribution in [0.2, 0.25) is 0 Å². The molecule has 1 fully saturated rings. The number of isothiocyanates is 1. The van der Waals surface area contributed by atoms with Crippen LogP contribution in [0.3, 0.4) is 0 Å². The Hall–Kier alpha value is -0.280. The highest BCUT2D eigenvalue weighted by Gasteiger charge is 2.24. The minimum absolute atomic E-state index is 0.494. The van der Waals surface area contributed by atoms with Gasteiger partial charge >= 0.3 is 0 Å². The zero-order valence-electron chi connectivity index (χ0n) is 8.03. The van der Waals surface area contributed by atoms with Crippen molar-refractivity contribution in [3.05, 3.63) is 0 Å². The van der Waals surface area contributed by atoms with Crippen LogP contribution in [0.4, 0.5) is 0 Å². The van der Waals surface area contributed by atoms with Crippen LogP contribution >= 0.6 is 12.2 Å². The summed E-state index contributed by atoms with van der Waals surface area (Å²) in [6, 6.07) is 0. The van der Waals surface area contributed by atoms with Gasteiger partial charge < -0.3 is 9.64 Å². The number of likely N-dealkylation sites (N-methyl/N-ethyl adjacent to an activating group) is 1. The molecular formula is C9H16N2OS. The summed E-state index contributed by atoms with van der Waals surface area (Å²) in [5.41, 5.74) is 0. The maximum Gasteiger partial charge on any atom is 0.0936 e. The Balaban J connectivity index is 2.03. The predicted molar refractivity (Wildman–Crippen MR) is 56.4 cm³/mol. The largest absolute Gasteiger partial charge is 0.372 e. The first kappa shape index (κ1) is 10.8. The van der Waals surface area contributed by atoms with Crippen LogP contribution in [-0.2, 0) is 4.74 Å². The molecule has 0 N–H and O–H groups in total. The molecular weight excluding hydrogens is 184 g/mol. The Morgan fingerprint density at radius 1 is 1.69 bits per heavy atom. The van der Waals surface area contributed by atoms with Crippen molar-refractivity contribution in [2.75, 3.05) is 32.8 Å². The molecule has 1 unspecified atom stereocenters. The van der Waals surface area contributed by atoms with Crippen LogP contribution in [0.5, 0.6) is 0 Å². The van der Waals surface area contributed by atoms with Crippen molar-refractivity contribution >= 4 is 17.4 Å². The number of nitrogens with zero attached hydrogens (tertiary/aromatic N) is 2. The normalized spacial score (nSPS) is 20.0. The van der Waals surface area contributed by atoms with E-state index < -0.39 is 0 Å². The molecule has 1 saturated heterocycles. The lowest BCUT2D eigenvalue weighted by molar-refractivity contribution is 0.251. The summed E-state index contributed by atoms with van der Waals surface area (Å²) < 4.78 is 5.17. The van der Waals surface area contributed by atoms with Gasteiger partial charge in [0, 0.05) is 13.1 Å². The molecule has 0 amide bonds. The quantitative estimate of drug-likeness (QED) is 0.267. The van der Waals surface area contributed by atoms with Crippen LogP contribution in [-0.4, -0.2) is 49.0 Å². The van der Waals surface area contributed by atoms with Gasteiger partial charge in [0.05, 0.1) is 24.4 Å². The fraction of sp³-hybridized carbons (Fsp3) is 0.889. The standard InChI is InChI=1S/C9H16N2OS/c1-2-11(6-9-7-12-9)5-3-4-10-8-13/h9H,2-7H2,1H3. The molecule has 1 aliphatic rings. The molecule has 4 heteroatoms. The van der Waals surface area contributed by atoms with Crippen molar-refractivity contribution in [1.29, 1.82) is 0 Å². The monoisotopic (exact) mass is 200 g/mol. The molecule has 74 valence electrons. The minimum atomic E-state index is 0.494. The first-order chi connectivity index (χ1) is 6.36. The Labute approximate surface area is 84.8 Å². The van der Waals surface area contributed by atoms with Gasteiger partial charge in [-0.15, -0.1) is 0 Å². The Morgan fingerprint density at radius 3 is 3.00 bits per heavy atom. The third-order valence-corrected chi connectivity index (χ3v) is 2.25. The van der Waals surface area contributed by atoms with E-state index in [9.17, 15) is 0 Å². The van der Waals surface area contributed by atoms with Gasteiger partial charge in [-0.3, -0.25) is 0 Å². The summed E-state index contributed by atoms with van der Waals surface area (Å²) in [6.45, 7) is 7.14. The lowest BCUT2D eigenvalue weighted by Gasteiger charge is -2.18. The smallest absolute Gasteiger partial charge is 0.0936 e. The molecule has 3 nitrogen and oxygen atoms in total. The van der Waals surface area contributed by atoms with Crippen molar-refractivity contribution < 1.29 is 4.74 Å². The first-order valence-electron chi connectivity index (χ1n) is 4.74. The fourth-order valence-electron chi connectivity index (χ4n) is 1.26. The Bertz CT molecular complexity index is 188. The van der Waals surface area contributed by atoms with Crippen molar-refractivity contribution in [1.82, 2.24) is 4.90 Å². The van der Waals surface area contributed by atoms with Crippen molar-refractivity contribution in [3.8, 4) is 0 Å². The summed E-state index contributed by atoms with van der Waals surface area (Å²) in [5.74, 6) is 0. The summed E-state index contributed by atoms with van der Waals surface area (Å²) in [6.07, 6.45) is 1.55. The van der Waals surface area contributed by atoms with Crippen molar-refractivity contribution in [3.63, 3.8) is 0 Å². The number of ether oxygens (including phenoxy) is 1. The molecule has 1 heterocycles. The molecule has 0 aromatic heterocycles. The van der Waals surface area contributed by atoms with Crippen molar-refractivity contribution in [2.24, 2.45) is 4.99 Å². The van der Waals surface area contributed by atoms with Crippen molar-refractivity contribution in [2.45, 2.75) is 19.4 Å². The average molecular weight is 200 g/mol. The number of thiocarbonyl (C=S) groups is 1. The summed E-state index contributed by atoms with van der Waals surface area (Å²) in [5, 5.41) is 2.38. The minimum Gasteiger partial charge on any atom is -0.372 e. The summed E-state index contributed by atoms with van der Waals surface area (Å²) in [7, 11) is 0. The van der Waals surface area contributed by atoms with E-state index in [0.717, 1.165) is 39.2 Å². The highest BCUT2D eigenvalue weighted by Crippen LogP contribution is 2.10. The Morgan fingerprint density at radius 2 is 2.46 bits per heavy atom. The molecule has 0 saturated carbocycles. The second-order valence-electron chi connectivity index (χ2n) is 3.18. The van der Waals surface area contributed by atoms with E-state index in [1.54, 1.807) is 0 Å². The van der Waals surface area contributed by atoms with Gasteiger partial charge in [-0.25, -0.2) is 4.99 Å². The highest BCUT2D eigenvalue weighted by molar-refractivity contribution is 7.78. The van der Waals surface area contributed by atoms with E-state index in [0.29, 0.717) is 6.10 Å². The first-order valence-corrected chi connectivity index (χ1v) is 5.15. The summed E-state index contributed by atoms with van der Waals surface area (Å²) >= 11 is 4.49. The van der Waals surface area contributed by atoms with Gasteiger partial charge in [0.2, 0.25) is 0 Å². The third-order valence-electron chi connectivity index (χ3n) is 2.12. The lowest BCUT2D eigenvalue weighted by atomic mass is 10.3. The van der Waals surface area contributed by atoms with Crippen LogP contribution < -0.4 is 0 Å². The van der Waals surface area contributed by atoms with Crippen LogP contribution in [0.15, 0.2) is 4.99 Å². The van der Waals surface area contributed by atoms with Gasteiger partial charge in [-0.05, 0) is 25.2 Å². The SMILES string of the molecule is CCN(CCCN=C=S)CC1CO1. The van der Waals surface area contributed by atoms with Gasteiger partial charge in [0.25, 0.3) is 0 Å². The number of epoxide rings is 1. The molecule has 0 spiro atoms. The molecule has 0 radical (unpaired) electrons. The van der Waals surface area contributed by atoms with Crippen LogP contribution in [0.25, 0.3) is 0 Å². The molecule has 0 aromatic carbocycles. The number of hydrogen-bond donors (Lipinski definition) is 0. The molecule has 1 rings (SSSR count). The molecule has 0 bridgehead atoms. The van der Waals surface area contributed by atoms with Gasteiger partial charge in [0.15, 0.2) is 0 Å². The topological polar surface area (TPSA) is 28.1 Å². The van der Waals surface area contributed by atoms with E-state index in [4.69, 9.17) is 4.74 Å². The van der Waals surface area contributed by atoms with E-state index >= 15 is 0 Å². The number of aliphatic imine (C=N–C) groups is 1. The molecule has 0 aromatic rings. The second kappa shape index (κ2) is 6.22. The van der Waals surface area contributed by atoms with Crippen LogP contribution in [0.1, 0.15) is 13.3 Å². The zero-order chi connectivity index (χ0) is 9.52. The maximum atomic E-state index is 5.17. The zero-order valence-corrected chi connectivity index (χ0v) is 8.85. The van der Waals surface area contributed by atoms with E-state index in [1.807, 2.05) is 0 Å². The molecule has 1 aliphatic heterocycles. The molecule has 13 heavy (non-hydrogen) atoms. The van der Waals surface area contributed by atoms with Gasteiger partial charge in [-0.2, -0.15) is 0 Å². The van der Waals surface area contributed by atoms with Gasteiger partial charge in [-0.1, -0.05) is 6.92 Å². The van der Waals surface area contributed by atoms with E-state index in [1.165, 1.54) is 0 Å². The molecule has 1 atom stereocenters. The van der Waals surface area contributed by atoms with E-state index in [2.05, 4.69) is 34.2 Å². The average Bonchev–Trinajstić information content (AvgIpc) is 2.94. The van der Waals surface area contributed by atoms with Gasteiger partial charge in [0.1, 0.15) is 0 Å². The predicted octanol–water partition coefficient (Wildman–Crippen LogP) is 1.20. The molecule has 0 aliphatic carbocycles. The van der Waals surface area contributed by atoms with Crippen LogP contribution in [0, 0.1) is 0 Å². The van der Waals surface area contributed by atoms with E-state index in [-0.39, 0.29) is 0 Å². The fourth-order valence-corrected chi connectivity index (χ4v) is 1.35. The third kappa shape index (κ3) is 5.11. The number of rotatable bonds is 7. The Kier molecular flexibility index (Phi) is 5.16. The second-order valence-corrected chi connectivity index (χ2v) is 3.36. The maximum absolute atomic E-state index is 5.17. The lowest BCUT2D eigenvalue weighted by Crippen LogP contribution is -2.29.